The number of hydrogen-bond donors (Lipinski definition) is 0. The van der Waals surface area contributed by atoms with Crippen LogP contribution in [0.15, 0.2) is 97.1 Å². The highest BCUT2D eigenvalue weighted by Gasteiger charge is 2.47. The molecule has 0 bridgehead atoms. The molecular formula is C42H43NO4. The Morgan fingerprint density at radius 1 is 0.745 bits per heavy atom. The first-order valence-electron chi connectivity index (χ1n) is 16.5. The zero-order valence-corrected chi connectivity index (χ0v) is 28.2. The molecule has 0 amide bonds. The minimum absolute atomic E-state index is 0.212. The van der Waals surface area contributed by atoms with Gasteiger partial charge in [-0.2, -0.15) is 0 Å². The molecule has 2 atom stereocenters. The maximum atomic E-state index is 7.55. The Morgan fingerprint density at radius 2 is 1.43 bits per heavy atom. The van der Waals surface area contributed by atoms with E-state index in [1.54, 1.807) is 21.3 Å². The van der Waals surface area contributed by atoms with Gasteiger partial charge in [0, 0.05) is 61.0 Å². The highest BCUT2D eigenvalue weighted by molar-refractivity contribution is 6.09. The van der Waals surface area contributed by atoms with E-state index >= 15 is 0 Å². The lowest BCUT2D eigenvalue weighted by Gasteiger charge is -2.40. The summed E-state index contributed by atoms with van der Waals surface area (Å²) in [5.74, 6) is 2.48. The Balaban J connectivity index is 1.56. The molecule has 5 nitrogen and oxygen atoms in total. The molecule has 5 heteroatoms. The van der Waals surface area contributed by atoms with E-state index in [0.29, 0.717) is 6.61 Å². The molecule has 0 fully saturated rings. The van der Waals surface area contributed by atoms with Crippen molar-refractivity contribution in [3.05, 3.63) is 125 Å². The Bertz CT molecular complexity index is 1960. The second kappa shape index (κ2) is 12.1. The van der Waals surface area contributed by atoms with Crippen molar-refractivity contribution in [3.8, 4) is 28.4 Å². The zero-order valence-electron chi connectivity index (χ0n) is 28.2. The minimum Gasteiger partial charge on any atom is -0.497 e. The summed E-state index contributed by atoms with van der Waals surface area (Å²) in [5, 5.41) is 2.21. The van der Waals surface area contributed by atoms with Crippen molar-refractivity contribution < 1.29 is 18.9 Å². The van der Waals surface area contributed by atoms with Gasteiger partial charge in [-0.3, -0.25) is 0 Å². The lowest BCUT2D eigenvalue weighted by Crippen LogP contribution is -2.35. The summed E-state index contributed by atoms with van der Waals surface area (Å²) in [6.45, 7) is 2.95. The van der Waals surface area contributed by atoms with Crippen LogP contribution in [-0.2, 0) is 15.8 Å². The molecule has 0 saturated carbocycles. The third-order valence-corrected chi connectivity index (χ3v) is 10.2. The van der Waals surface area contributed by atoms with Gasteiger partial charge in [0.2, 0.25) is 0 Å². The fraction of sp³-hybridized carbons (Fsp3) is 0.286. The van der Waals surface area contributed by atoms with Gasteiger partial charge in [0.05, 0.1) is 14.2 Å². The molecule has 2 aliphatic rings. The molecule has 47 heavy (non-hydrogen) atoms. The summed E-state index contributed by atoms with van der Waals surface area (Å²) in [6, 6.07) is 32.3. The number of hydrogen-bond acceptors (Lipinski definition) is 5. The quantitative estimate of drug-likeness (QED) is 0.155. The molecule has 0 spiro atoms. The predicted octanol–water partition coefficient (Wildman–Crippen LogP) is 9.38. The Hall–Kier alpha value is -4.74. The van der Waals surface area contributed by atoms with Crippen LogP contribution in [0.3, 0.4) is 0 Å². The van der Waals surface area contributed by atoms with Crippen LogP contribution < -0.4 is 19.1 Å². The highest BCUT2D eigenvalue weighted by Crippen LogP contribution is 2.61. The lowest BCUT2D eigenvalue weighted by molar-refractivity contribution is 0.161. The number of nitrogens with zero attached hydrogens (tertiary/aromatic N) is 1. The topological polar surface area (TPSA) is 40.2 Å². The van der Waals surface area contributed by atoms with Crippen molar-refractivity contribution in [1.29, 1.82) is 0 Å². The van der Waals surface area contributed by atoms with E-state index < -0.39 is 5.60 Å². The van der Waals surface area contributed by atoms with Gasteiger partial charge in [-0.15, -0.1) is 0 Å². The van der Waals surface area contributed by atoms with Crippen LogP contribution in [0.5, 0.6) is 17.2 Å². The van der Waals surface area contributed by atoms with Crippen LogP contribution in [0.4, 0.5) is 5.69 Å². The van der Waals surface area contributed by atoms with Gasteiger partial charge < -0.3 is 23.8 Å². The number of ether oxygens (including phenoxy) is 4. The van der Waals surface area contributed by atoms with Crippen molar-refractivity contribution in [2.24, 2.45) is 0 Å². The molecule has 0 saturated heterocycles. The normalized spacial score (nSPS) is 19.1. The Labute approximate surface area is 278 Å². The molecule has 2 unspecified atom stereocenters. The van der Waals surface area contributed by atoms with Gasteiger partial charge in [-0.05, 0) is 89.0 Å². The van der Waals surface area contributed by atoms with Gasteiger partial charge >= 0.3 is 0 Å². The molecule has 0 radical (unpaired) electrons. The third-order valence-electron chi connectivity index (χ3n) is 10.2. The summed E-state index contributed by atoms with van der Waals surface area (Å²) in [4.78, 5) is 2.12. The average molecular weight is 626 g/mol. The molecular weight excluding hydrogens is 582 g/mol. The van der Waals surface area contributed by atoms with Gasteiger partial charge in [0.1, 0.15) is 17.2 Å². The van der Waals surface area contributed by atoms with Crippen LogP contribution in [0.1, 0.15) is 54.0 Å². The smallest absolute Gasteiger partial charge is 0.178 e. The summed E-state index contributed by atoms with van der Waals surface area (Å²) in [5.41, 5.74) is 8.56. The van der Waals surface area contributed by atoms with Crippen LogP contribution >= 0.6 is 0 Å². The fourth-order valence-corrected chi connectivity index (χ4v) is 7.95. The van der Waals surface area contributed by atoms with E-state index in [1.807, 2.05) is 12.1 Å². The monoisotopic (exact) mass is 625 g/mol. The number of methoxy groups -OCH3 is 3. The molecule has 5 aromatic carbocycles. The van der Waals surface area contributed by atoms with Crippen LogP contribution in [0.25, 0.3) is 28.0 Å². The van der Waals surface area contributed by atoms with Crippen molar-refractivity contribution in [3.63, 3.8) is 0 Å². The van der Waals surface area contributed by atoms with Crippen molar-refractivity contribution >= 4 is 22.5 Å². The molecule has 0 N–H and O–H groups in total. The standard InChI is InChI=1S/C42H43NO4/c1-7-23-41(25-26-44-4)37-11-9-8-10-34(37)38-33-21-20-32(46-6)27-36(33)40-35(39(38)41)22-24-42(47-40,29-14-18-31(45-5)19-15-29)28-12-16-30(17-13-28)43(2)3/h8-22,24,27H,7,23,25-26H2,1-6H3. The molecule has 7 rings (SSSR count). The first-order chi connectivity index (χ1) is 22.9. The SMILES string of the molecule is CCCC1(CCOC)c2ccccc2-c2c1c1c(c3cc(OC)ccc23)OC(c2ccc(OC)cc2)(c2ccc(N(C)C)cc2)C=C1. The van der Waals surface area contributed by atoms with Gasteiger partial charge in [-0.1, -0.05) is 68.0 Å². The fourth-order valence-electron chi connectivity index (χ4n) is 7.95. The number of benzene rings is 5. The van der Waals surface area contributed by atoms with Crippen molar-refractivity contribution in [1.82, 2.24) is 0 Å². The van der Waals surface area contributed by atoms with E-state index in [4.69, 9.17) is 18.9 Å². The number of fused-ring (bicyclic) bond motifs is 8. The zero-order chi connectivity index (χ0) is 32.8. The van der Waals surface area contributed by atoms with E-state index in [2.05, 4.69) is 117 Å². The minimum atomic E-state index is -0.875. The first kappa shape index (κ1) is 30.9. The lowest BCUT2D eigenvalue weighted by atomic mass is 9.69. The predicted molar refractivity (Wildman–Crippen MR) is 192 cm³/mol. The van der Waals surface area contributed by atoms with Gasteiger partial charge in [0.15, 0.2) is 5.60 Å². The van der Waals surface area contributed by atoms with Crippen LogP contribution in [0.2, 0.25) is 0 Å². The third kappa shape index (κ3) is 4.79. The molecule has 1 aliphatic heterocycles. The Kier molecular flexibility index (Phi) is 7.97. The second-order valence-electron chi connectivity index (χ2n) is 12.9. The van der Waals surface area contributed by atoms with E-state index in [9.17, 15) is 0 Å². The van der Waals surface area contributed by atoms with E-state index in [0.717, 1.165) is 64.3 Å². The highest BCUT2D eigenvalue weighted by atomic mass is 16.5. The summed E-state index contributed by atoms with van der Waals surface area (Å²) in [6.07, 6.45) is 7.52. The Morgan fingerprint density at radius 3 is 2.09 bits per heavy atom. The molecule has 5 aromatic rings. The first-order valence-corrected chi connectivity index (χ1v) is 16.5. The van der Waals surface area contributed by atoms with Gasteiger partial charge in [0.25, 0.3) is 0 Å². The summed E-state index contributed by atoms with van der Waals surface area (Å²) in [7, 11) is 9.35. The molecule has 1 aliphatic carbocycles. The van der Waals surface area contributed by atoms with Crippen molar-refractivity contribution in [2.45, 2.75) is 37.2 Å². The largest absolute Gasteiger partial charge is 0.497 e. The number of rotatable bonds is 10. The number of anilines is 1. The van der Waals surface area contributed by atoms with Crippen molar-refractivity contribution in [2.75, 3.05) is 46.9 Å². The van der Waals surface area contributed by atoms with Gasteiger partial charge in [-0.25, -0.2) is 0 Å². The van der Waals surface area contributed by atoms with E-state index in [1.165, 1.54) is 27.6 Å². The second-order valence-corrected chi connectivity index (χ2v) is 12.9. The van der Waals surface area contributed by atoms with Crippen LogP contribution in [0, 0.1) is 0 Å². The average Bonchev–Trinajstić information content (AvgIpc) is 3.40. The molecule has 0 aromatic heterocycles. The maximum Gasteiger partial charge on any atom is 0.178 e. The summed E-state index contributed by atoms with van der Waals surface area (Å²) < 4.78 is 24.7. The molecule has 1 heterocycles. The van der Waals surface area contributed by atoms with Crippen LogP contribution in [-0.4, -0.2) is 42.0 Å². The molecule has 240 valence electrons. The van der Waals surface area contributed by atoms with E-state index in [-0.39, 0.29) is 5.41 Å². The summed E-state index contributed by atoms with van der Waals surface area (Å²) >= 11 is 0. The maximum absolute atomic E-state index is 7.55.